The first-order valence-corrected chi connectivity index (χ1v) is 6.42. The zero-order valence-electron chi connectivity index (χ0n) is 11.4. The minimum atomic E-state index is 0.0637. The molecule has 2 nitrogen and oxygen atoms in total. The lowest BCUT2D eigenvalue weighted by atomic mass is 9.88. The molecule has 0 radical (unpaired) electrons. The molecule has 1 aromatic carbocycles. The Balaban J connectivity index is 2.04. The van der Waals surface area contributed by atoms with Crippen molar-refractivity contribution >= 4 is 0 Å². The highest BCUT2D eigenvalue weighted by molar-refractivity contribution is 5.27. The SMILES string of the molecule is CN(C)C(C)(C)C(N)C1CC1c1ccccc1. The zero-order chi connectivity index (χ0) is 12.6. The molecule has 0 heterocycles. The average molecular weight is 232 g/mol. The first-order valence-electron chi connectivity index (χ1n) is 6.42. The van der Waals surface area contributed by atoms with Gasteiger partial charge in [0.2, 0.25) is 0 Å². The van der Waals surface area contributed by atoms with Crippen molar-refractivity contribution in [3.63, 3.8) is 0 Å². The van der Waals surface area contributed by atoms with Crippen LogP contribution in [-0.4, -0.2) is 30.6 Å². The van der Waals surface area contributed by atoms with Crippen molar-refractivity contribution in [2.75, 3.05) is 14.1 Å². The molecule has 2 heteroatoms. The molecule has 17 heavy (non-hydrogen) atoms. The van der Waals surface area contributed by atoms with Crippen LogP contribution in [0.5, 0.6) is 0 Å². The van der Waals surface area contributed by atoms with Gasteiger partial charge in [-0.05, 0) is 51.8 Å². The van der Waals surface area contributed by atoms with Gasteiger partial charge >= 0.3 is 0 Å². The molecule has 0 aromatic heterocycles. The number of rotatable bonds is 4. The van der Waals surface area contributed by atoms with E-state index in [0.29, 0.717) is 11.8 Å². The van der Waals surface area contributed by atoms with Crippen molar-refractivity contribution in [1.29, 1.82) is 0 Å². The maximum absolute atomic E-state index is 6.44. The summed E-state index contributed by atoms with van der Waals surface area (Å²) in [6.07, 6.45) is 1.24. The molecule has 0 amide bonds. The van der Waals surface area contributed by atoms with Crippen LogP contribution in [0.2, 0.25) is 0 Å². The van der Waals surface area contributed by atoms with E-state index in [9.17, 15) is 0 Å². The minimum absolute atomic E-state index is 0.0637. The summed E-state index contributed by atoms with van der Waals surface area (Å²) in [4.78, 5) is 2.23. The van der Waals surface area contributed by atoms with E-state index in [-0.39, 0.29) is 11.6 Å². The van der Waals surface area contributed by atoms with Crippen molar-refractivity contribution in [2.45, 2.75) is 37.8 Å². The fraction of sp³-hybridized carbons (Fsp3) is 0.600. The molecule has 1 aromatic rings. The smallest absolute Gasteiger partial charge is 0.0300 e. The van der Waals surface area contributed by atoms with E-state index >= 15 is 0 Å². The first kappa shape index (κ1) is 12.6. The molecule has 3 unspecified atom stereocenters. The van der Waals surface area contributed by atoms with E-state index in [1.54, 1.807) is 0 Å². The molecule has 1 aliphatic rings. The Bertz CT molecular complexity index is 370. The summed E-state index contributed by atoms with van der Waals surface area (Å²) in [5.74, 6) is 1.31. The highest BCUT2D eigenvalue weighted by atomic mass is 15.2. The summed E-state index contributed by atoms with van der Waals surface area (Å²) < 4.78 is 0. The molecule has 0 spiro atoms. The van der Waals surface area contributed by atoms with Crippen LogP contribution in [0.15, 0.2) is 30.3 Å². The van der Waals surface area contributed by atoms with Gasteiger partial charge < -0.3 is 10.6 Å². The van der Waals surface area contributed by atoms with Crippen molar-refractivity contribution in [2.24, 2.45) is 11.7 Å². The van der Waals surface area contributed by atoms with Gasteiger partial charge in [-0.2, -0.15) is 0 Å². The average Bonchev–Trinajstić information content (AvgIpc) is 3.09. The van der Waals surface area contributed by atoms with Gasteiger partial charge in [0.05, 0.1) is 0 Å². The van der Waals surface area contributed by atoms with Crippen molar-refractivity contribution < 1.29 is 0 Å². The van der Waals surface area contributed by atoms with E-state index in [0.717, 1.165) is 0 Å². The third-order valence-electron chi connectivity index (χ3n) is 4.50. The van der Waals surface area contributed by atoms with Crippen LogP contribution in [0.25, 0.3) is 0 Å². The maximum Gasteiger partial charge on any atom is 0.0300 e. The second-order valence-corrected chi connectivity index (χ2v) is 5.99. The van der Waals surface area contributed by atoms with E-state index in [4.69, 9.17) is 5.73 Å². The maximum atomic E-state index is 6.44. The summed E-state index contributed by atoms with van der Waals surface area (Å²) in [5.41, 5.74) is 7.95. The lowest BCUT2D eigenvalue weighted by Gasteiger charge is -2.38. The van der Waals surface area contributed by atoms with Gasteiger partial charge in [0.15, 0.2) is 0 Å². The number of hydrogen-bond donors (Lipinski definition) is 1. The van der Waals surface area contributed by atoms with E-state index in [2.05, 4.69) is 63.2 Å². The van der Waals surface area contributed by atoms with Gasteiger partial charge in [-0.1, -0.05) is 30.3 Å². The Morgan fingerprint density at radius 1 is 1.24 bits per heavy atom. The molecule has 1 aliphatic carbocycles. The van der Waals surface area contributed by atoms with Crippen molar-refractivity contribution in [3.8, 4) is 0 Å². The van der Waals surface area contributed by atoms with E-state index < -0.39 is 0 Å². The summed E-state index contributed by atoms with van der Waals surface area (Å²) in [5, 5.41) is 0. The van der Waals surface area contributed by atoms with Crippen LogP contribution in [0, 0.1) is 5.92 Å². The van der Waals surface area contributed by atoms with Crippen molar-refractivity contribution in [3.05, 3.63) is 35.9 Å². The number of nitrogens with zero attached hydrogens (tertiary/aromatic N) is 1. The van der Waals surface area contributed by atoms with Gasteiger partial charge in [0.1, 0.15) is 0 Å². The Morgan fingerprint density at radius 2 is 1.82 bits per heavy atom. The minimum Gasteiger partial charge on any atom is -0.326 e. The lowest BCUT2D eigenvalue weighted by Crippen LogP contribution is -2.54. The summed E-state index contributed by atoms with van der Waals surface area (Å²) in [6.45, 7) is 4.47. The fourth-order valence-corrected chi connectivity index (χ4v) is 2.52. The number of nitrogens with two attached hydrogens (primary N) is 1. The predicted octanol–water partition coefficient (Wildman–Crippen LogP) is 2.46. The van der Waals surface area contributed by atoms with Gasteiger partial charge in [-0.25, -0.2) is 0 Å². The number of benzene rings is 1. The van der Waals surface area contributed by atoms with E-state index in [1.807, 2.05) is 0 Å². The summed E-state index contributed by atoms with van der Waals surface area (Å²) in [6, 6.07) is 11.0. The molecule has 0 bridgehead atoms. The van der Waals surface area contributed by atoms with Gasteiger partial charge in [-0.3, -0.25) is 0 Å². The van der Waals surface area contributed by atoms with Crippen LogP contribution in [0.4, 0.5) is 0 Å². The van der Waals surface area contributed by atoms with Crippen LogP contribution in [0.3, 0.4) is 0 Å². The Labute approximate surface area is 105 Å². The van der Waals surface area contributed by atoms with Crippen molar-refractivity contribution in [1.82, 2.24) is 4.90 Å². The Kier molecular flexibility index (Phi) is 3.28. The summed E-state index contributed by atoms with van der Waals surface area (Å²) >= 11 is 0. The topological polar surface area (TPSA) is 29.3 Å². The van der Waals surface area contributed by atoms with Crippen LogP contribution >= 0.6 is 0 Å². The van der Waals surface area contributed by atoms with Crippen LogP contribution in [-0.2, 0) is 0 Å². The van der Waals surface area contributed by atoms with Crippen LogP contribution in [0.1, 0.15) is 31.7 Å². The quantitative estimate of drug-likeness (QED) is 0.864. The molecule has 2 rings (SSSR count). The second-order valence-electron chi connectivity index (χ2n) is 5.99. The molecular weight excluding hydrogens is 208 g/mol. The Morgan fingerprint density at radius 3 is 2.35 bits per heavy atom. The number of likely N-dealkylation sites (N-methyl/N-ethyl adjacent to an activating group) is 1. The molecule has 1 fully saturated rings. The molecule has 2 N–H and O–H groups in total. The van der Waals surface area contributed by atoms with E-state index in [1.165, 1.54) is 12.0 Å². The summed E-state index contributed by atoms with van der Waals surface area (Å²) in [7, 11) is 4.22. The molecule has 0 aliphatic heterocycles. The van der Waals surface area contributed by atoms with Gasteiger partial charge in [0.25, 0.3) is 0 Å². The predicted molar refractivity (Wildman–Crippen MR) is 73.0 cm³/mol. The van der Waals surface area contributed by atoms with Gasteiger partial charge in [-0.15, -0.1) is 0 Å². The van der Waals surface area contributed by atoms with Gasteiger partial charge in [0, 0.05) is 11.6 Å². The van der Waals surface area contributed by atoms with Crippen LogP contribution < -0.4 is 5.73 Å². The number of hydrogen-bond acceptors (Lipinski definition) is 2. The molecule has 0 saturated heterocycles. The highest BCUT2D eigenvalue weighted by Gasteiger charge is 2.48. The normalized spacial score (nSPS) is 26.0. The fourth-order valence-electron chi connectivity index (χ4n) is 2.52. The lowest BCUT2D eigenvalue weighted by molar-refractivity contribution is 0.146. The molecule has 3 atom stereocenters. The zero-order valence-corrected chi connectivity index (χ0v) is 11.4. The molecular formula is C15H24N2. The Hall–Kier alpha value is -0.860. The monoisotopic (exact) mass is 232 g/mol. The molecule has 1 saturated carbocycles. The highest BCUT2D eigenvalue weighted by Crippen LogP contribution is 2.51. The first-order chi connectivity index (χ1) is 7.94. The third-order valence-corrected chi connectivity index (χ3v) is 4.50. The third kappa shape index (κ3) is 2.38. The second kappa shape index (κ2) is 4.43. The molecule has 94 valence electrons. The largest absolute Gasteiger partial charge is 0.326 e. The standard InChI is InChI=1S/C15H24N2/c1-15(2,17(3)4)14(16)13-10-12(13)11-8-6-5-7-9-11/h5-9,12-14H,10,16H2,1-4H3.